The number of hydrogen-bond acceptors (Lipinski definition) is 10. The van der Waals surface area contributed by atoms with Crippen LogP contribution in [0.3, 0.4) is 0 Å². The van der Waals surface area contributed by atoms with Crippen LogP contribution in [0.4, 0.5) is 49.4 Å². The monoisotopic (exact) mass is 759 g/mol. The van der Waals surface area contributed by atoms with Crippen molar-refractivity contribution in [3.8, 4) is 17.1 Å². The van der Waals surface area contributed by atoms with Gasteiger partial charge >= 0.3 is 20.0 Å². The number of rotatable bonds is 3. The molecular weight excluding hydrogens is 729 g/mol. The molecular formula is C30H31BClF6N8O2S2. The van der Waals surface area contributed by atoms with Crippen LogP contribution in [0.15, 0.2) is 60.9 Å². The molecule has 2 saturated heterocycles. The van der Waals surface area contributed by atoms with E-state index in [-0.39, 0.29) is 32.7 Å². The van der Waals surface area contributed by atoms with Crippen molar-refractivity contribution in [2.24, 2.45) is 0 Å². The molecule has 1 radical (unpaired) electrons. The van der Waals surface area contributed by atoms with Crippen molar-refractivity contribution in [1.82, 2.24) is 19.9 Å². The summed E-state index contributed by atoms with van der Waals surface area (Å²) in [4.78, 5) is 21.3. The minimum absolute atomic E-state index is 0. The highest BCUT2D eigenvalue weighted by molar-refractivity contribution is 7.59. The lowest BCUT2D eigenvalue weighted by molar-refractivity contribution is -0.138. The summed E-state index contributed by atoms with van der Waals surface area (Å²) in [5, 5.41) is 15.2. The lowest BCUT2D eigenvalue weighted by atomic mass is 10.1. The Labute approximate surface area is 302 Å². The van der Waals surface area contributed by atoms with Crippen LogP contribution in [0.25, 0.3) is 11.4 Å². The summed E-state index contributed by atoms with van der Waals surface area (Å²) in [6.45, 7) is 4.05. The summed E-state index contributed by atoms with van der Waals surface area (Å²) in [7, 11) is 0.329. The molecule has 0 amide bonds. The zero-order valence-electron chi connectivity index (χ0n) is 25.9. The zero-order valence-corrected chi connectivity index (χ0v) is 28.7. The van der Waals surface area contributed by atoms with Gasteiger partial charge in [-0.3, -0.25) is 0 Å². The second-order valence-corrected chi connectivity index (χ2v) is 11.6. The van der Waals surface area contributed by atoms with E-state index in [1.807, 2.05) is 0 Å². The highest BCUT2D eigenvalue weighted by Gasteiger charge is 2.34. The predicted octanol–water partition coefficient (Wildman–Crippen LogP) is 6.14. The lowest BCUT2D eigenvalue weighted by Gasteiger charge is -2.27. The first kappa shape index (κ1) is 39.0. The number of aromatic nitrogens is 4. The van der Waals surface area contributed by atoms with Crippen LogP contribution in [0.2, 0.25) is 5.28 Å². The summed E-state index contributed by atoms with van der Waals surface area (Å²) >= 11 is 5.71. The quantitative estimate of drug-likeness (QED) is 0.128. The van der Waals surface area contributed by atoms with Gasteiger partial charge in [0.15, 0.2) is 17.5 Å². The fraction of sp³-hybridized carbons (Fsp3) is 0.333. The second kappa shape index (κ2) is 16.0. The van der Waals surface area contributed by atoms with Crippen molar-refractivity contribution in [1.29, 1.82) is 0 Å². The molecule has 8 rings (SSSR count). The van der Waals surface area contributed by atoms with Gasteiger partial charge in [-0.25, -0.2) is 15.0 Å². The van der Waals surface area contributed by atoms with Crippen LogP contribution in [0.1, 0.15) is 24.0 Å². The Morgan fingerprint density at radius 1 is 0.780 bits per heavy atom. The third-order valence-corrected chi connectivity index (χ3v) is 8.23. The van der Waals surface area contributed by atoms with E-state index in [2.05, 4.69) is 45.0 Å². The number of benzene rings is 2. The fourth-order valence-electron chi connectivity index (χ4n) is 5.77. The minimum Gasteiger partial charge on any atom is -0.537 e. The van der Waals surface area contributed by atoms with Crippen LogP contribution in [0.5, 0.6) is 5.75 Å². The van der Waals surface area contributed by atoms with Gasteiger partial charge in [0, 0.05) is 43.8 Å². The molecule has 50 heavy (non-hydrogen) atoms. The molecule has 2 aromatic heterocycles. The van der Waals surface area contributed by atoms with E-state index in [0.717, 1.165) is 74.1 Å². The first-order chi connectivity index (χ1) is 22.9. The summed E-state index contributed by atoms with van der Waals surface area (Å²) in [6.07, 6.45) is -3.07. The molecule has 0 spiro atoms. The van der Waals surface area contributed by atoms with Gasteiger partial charge in [0.2, 0.25) is 5.28 Å². The molecule has 267 valence electrons. The Balaban J connectivity index is 0.000000175. The van der Waals surface area contributed by atoms with Crippen molar-refractivity contribution >= 4 is 69.3 Å². The van der Waals surface area contributed by atoms with Crippen LogP contribution >= 0.6 is 38.6 Å². The third-order valence-electron chi connectivity index (χ3n) is 8.05. The molecule has 4 bridgehead atoms. The van der Waals surface area contributed by atoms with Crippen molar-refractivity contribution in [3.05, 3.63) is 77.3 Å². The van der Waals surface area contributed by atoms with Gasteiger partial charge in [0.05, 0.1) is 34.9 Å². The van der Waals surface area contributed by atoms with E-state index < -0.39 is 23.5 Å². The Kier molecular flexibility index (Phi) is 12.5. The van der Waals surface area contributed by atoms with Crippen molar-refractivity contribution in [2.75, 3.05) is 46.6 Å². The highest BCUT2D eigenvalue weighted by atomic mass is 35.5. The molecule has 0 saturated carbocycles. The summed E-state index contributed by atoms with van der Waals surface area (Å²) < 4.78 is 79.0. The normalized spacial score (nSPS) is 17.8. The lowest BCUT2D eigenvalue weighted by Crippen LogP contribution is -2.32. The maximum Gasteiger partial charge on any atom is 0.569 e. The molecule has 3 N–H and O–H groups in total. The number of nitrogens with one attached hydrogen (secondary N) is 2. The van der Waals surface area contributed by atoms with Gasteiger partial charge in [-0.2, -0.15) is 58.3 Å². The Morgan fingerprint density at radius 3 is 1.90 bits per heavy atom. The predicted molar refractivity (Wildman–Crippen MR) is 189 cm³/mol. The van der Waals surface area contributed by atoms with Gasteiger partial charge in [-0.1, -0.05) is 18.2 Å². The highest BCUT2D eigenvalue weighted by Crippen LogP contribution is 2.37. The standard InChI is InChI=1S/C15H13F3N4.C8H9ClN4.C7H5BF3O2.2H2S/c16-15(17,18)10-3-1-2-9(6-10)13-19-7-12-14(21-13)20-11-4-5-22(12)8-11;9-8-10-3-6-7(12-8)11-5-1-2-13(6)4-5;9-7(10,11)5-2-1-3-6(4-5)13-8-12;;/h1-3,6-7,11H,4-5,8H2,(H,19,20,21);3,5H,1-2,4H2,(H,10,11,12);1-4,12H;2*1H2/t11-;5-;;;/m00.../s1. The Bertz CT molecular complexity index is 1780. The number of anilines is 4. The molecule has 0 unspecified atom stereocenters. The third kappa shape index (κ3) is 9.10. The first-order valence-corrected chi connectivity index (χ1v) is 15.1. The number of fused-ring (bicyclic) bond motifs is 8. The number of halogens is 7. The van der Waals surface area contributed by atoms with E-state index in [0.29, 0.717) is 42.3 Å². The van der Waals surface area contributed by atoms with Crippen molar-refractivity contribution < 1.29 is 36.0 Å². The average molecular weight is 760 g/mol. The van der Waals surface area contributed by atoms with Crippen LogP contribution in [0, 0.1) is 0 Å². The Morgan fingerprint density at radius 2 is 1.32 bits per heavy atom. The smallest absolute Gasteiger partial charge is 0.537 e. The van der Waals surface area contributed by atoms with Gasteiger partial charge in [-0.05, 0) is 54.8 Å². The zero-order chi connectivity index (χ0) is 34.1. The summed E-state index contributed by atoms with van der Waals surface area (Å²) in [5.74, 6) is 1.84. The average Bonchev–Trinajstić information content (AvgIpc) is 3.64. The second-order valence-electron chi connectivity index (χ2n) is 11.3. The number of nitrogens with zero attached hydrogens (tertiary/aromatic N) is 6. The van der Waals surface area contributed by atoms with Gasteiger partial charge in [0.25, 0.3) is 0 Å². The molecule has 4 aromatic rings. The molecule has 2 aromatic carbocycles. The van der Waals surface area contributed by atoms with E-state index >= 15 is 0 Å². The molecule has 2 atom stereocenters. The molecule has 6 heterocycles. The van der Waals surface area contributed by atoms with E-state index in [1.54, 1.807) is 18.5 Å². The molecule has 10 nitrogen and oxygen atoms in total. The van der Waals surface area contributed by atoms with Crippen LogP contribution in [-0.4, -0.2) is 70.9 Å². The maximum atomic E-state index is 12.8. The summed E-state index contributed by atoms with van der Waals surface area (Å²) in [5.41, 5.74) is 0.866. The number of hydrogen-bond donors (Lipinski definition) is 3. The Hall–Kier alpha value is -3.81. The van der Waals surface area contributed by atoms with Crippen molar-refractivity contribution in [3.63, 3.8) is 0 Å². The van der Waals surface area contributed by atoms with Gasteiger partial charge in [0.1, 0.15) is 5.75 Å². The summed E-state index contributed by atoms with van der Waals surface area (Å²) in [6, 6.07) is 10.2. The molecule has 4 aliphatic heterocycles. The van der Waals surface area contributed by atoms with Gasteiger partial charge < -0.3 is 30.1 Å². The minimum atomic E-state index is -4.39. The maximum absolute atomic E-state index is 12.8. The molecule has 20 heteroatoms. The largest absolute Gasteiger partial charge is 0.569 e. The van der Waals surface area contributed by atoms with Crippen molar-refractivity contribution in [2.45, 2.75) is 37.3 Å². The number of alkyl halides is 6. The van der Waals surface area contributed by atoms with Crippen LogP contribution < -0.4 is 25.1 Å². The van der Waals surface area contributed by atoms with E-state index in [4.69, 9.17) is 16.6 Å². The molecule has 0 aliphatic carbocycles. The molecule has 4 aliphatic rings. The first-order valence-electron chi connectivity index (χ1n) is 14.8. The van der Waals surface area contributed by atoms with E-state index in [1.165, 1.54) is 24.6 Å². The van der Waals surface area contributed by atoms with Gasteiger partial charge in [-0.15, -0.1) is 0 Å². The fourth-order valence-corrected chi connectivity index (χ4v) is 5.90. The topological polar surface area (TPSA) is 112 Å². The van der Waals surface area contributed by atoms with Crippen LogP contribution in [-0.2, 0) is 12.4 Å². The molecule has 2 fully saturated rings. The SMILES string of the molecule is Clc1ncc2c(n1)N[C@H]1CCN2C1.FC(F)(F)c1cccc(-c2ncc3c(n2)N[C@H]2CCN3C2)c1.O[B]Oc1cccc(C(F)(F)F)c1.S.S. The van der Waals surface area contributed by atoms with E-state index in [9.17, 15) is 26.3 Å².